The lowest BCUT2D eigenvalue weighted by molar-refractivity contribution is 1.23. The number of aromatic nitrogens is 4. The Morgan fingerprint density at radius 3 is 2.57 bits per heavy atom. The highest BCUT2D eigenvalue weighted by molar-refractivity contribution is 6.11. The van der Waals surface area contributed by atoms with Crippen LogP contribution in [0.2, 0.25) is 0 Å². The molecule has 7 rings (SSSR count). The monoisotopic (exact) mass is 358 g/mol. The van der Waals surface area contributed by atoms with Crippen LogP contribution in [0, 0.1) is 0 Å². The molecule has 0 amide bonds. The molecule has 0 bridgehead atoms. The topological polar surface area (TPSA) is 43.1 Å². The van der Waals surface area contributed by atoms with Crippen molar-refractivity contribution in [3.05, 3.63) is 84.2 Å². The highest BCUT2D eigenvalue weighted by Gasteiger charge is 2.24. The lowest BCUT2D eigenvalue weighted by Crippen LogP contribution is -1.96. The molecule has 0 saturated carbocycles. The van der Waals surface area contributed by atoms with E-state index in [1.165, 1.54) is 27.8 Å². The van der Waals surface area contributed by atoms with E-state index in [0.717, 1.165) is 39.5 Å². The van der Waals surface area contributed by atoms with Crippen LogP contribution in [0.3, 0.4) is 0 Å². The third kappa shape index (κ3) is 1.63. The molecule has 0 radical (unpaired) electrons. The first-order valence-corrected chi connectivity index (χ1v) is 9.44. The first-order valence-electron chi connectivity index (χ1n) is 9.44. The lowest BCUT2D eigenvalue weighted by Gasteiger charge is -2.08. The van der Waals surface area contributed by atoms with Crippen LogP contribution in [-0.2, 0) is 6.42 Å². The quantitative estimate of drug-likeness (QED) is 0.352. The first kappa shape index (κ1) is 14.3. The molecule has 4 aromatic heterocycles. The Hall–Kier alpha value is -3.79. The molecule has 0 spiro atoms. The van der Waals surface area contributed by atoms with Gasteiger partial charge in [-0.05, 0) is 52.6 Å². The normalized spacial score (nSPS) is 12.9. The zero-order valence-corrected chi connectivity index (χ0v) is 14.9. The molecule has 1 aliphatic rings. The number of benzene rings is 2. The van der Waals surface area contributed by atoms with E-state index in [0.29, 0.717) is 0 Å². The van der Waals surface area contributed by atoms with Crippen molar-refractivity contribution in [2.45, 2.75) is 6.42 Å². The highest BCUT2D eigenvalue weighted by Crippen LogP contribution is 2.41. The Labute approximate surface area is 160 Å². The van der Waals surface area contributed by atoms with E-state index < -0.39 is 0 Å². The number of hydrogen-bond acceptors (Lipinski definition) is 3. The minimum atomic E-state index is 0.904. The summed E-state index contributed by atoms with van der Waals surface area (Å²) in [6.45, 7) is 0. The van der Waals surface area contributed by atoms with Crippen molar-refractivity contribution in [3.63, 3.8) is 0 Å². The van der Waals surface area contributed by atoms with Crippen molar-refractivity contribution in [1.82, 2.24) is 19.4 Å². The maximum atomic E-state index is 5.03. The summed E-state index contributed by atoms with van der Waals surface area (Å²) in [4.78, 5) is 14.3. The van der Waals surface area contributed by atoms with E-state index in [1.54, 1.807) is 0 Å². The summed E-state index contributed by atoms with van der Waals surface area (Å²) in [6.07, 6.45) is 4.59. The van der Waals surface area contributed by atoms with Gasteiger partial charge in [0.1, 0.15) is 16.7 Å². The average molecular weight is 358 g/mol. The molecule has 6 aromatic rings. The molecule has 0 N–H and O–H groups in total. The maximum absolute atomic E-state index is 5.03. The minimum Gasteiger partial charge on any atom is -0.290 e. The standard InChI is InChI=1S/C24H14N4/c1-2-6-15-14(5-1)13-18-16(15)9-10-19-23(18)28-20-8-4-12-26-22(20)21-17(24(28)27-19)7-3-11-25-21/h1-12H,13H2. The Morgan fingerprint density at radius 1 is 0.750 bits per heavy atom. The molecule has 0 aliphatic heterocycles. The van der Waals surface area contributed by atoms with Crippen molar-refractivity contribution in [2.75, 3.05) is 0 Å². The van der Waals surface area contributed by atoms with Crippen LogP contribution in [0.5, 0.6) is 0 Å². The number of fused-ring (bicyclic) bond motifs is 12. The number of hydrogen-bond donors (Lipinski definition) is 0. The van der Waals surface area contributed by atoms with Crippen molar-refractivity contribution >= 4 is 38.6 Å². The smallest absolute Gasteiger partial charge is 0.148 e. The van der Waals surface area contributed by atoms with Gasteiger partial charge in [0.25, 0.3) is 0 Å². The van der Waals surface area contributed by atoms with Gasteiger partial charge in [0.05, 0.1) is 16.6 Å². The molecular weight excluding hydrogens is 344 g/mol. The molecule has 130 valence electrons. The number of rotatable bonds is 0. The molecule has 4 nitrogen and oxygen atoms in total. The van der Waals surface area contributed by atoms with E-state index in [-0.39, 0.29) is 0 Å². The molecule has 2 aromatic carbocycles. The van der Waals surface area contributed by atoms with Crippen molar-refractivity contribution in [2.24, 2.45) is 0 Å². The zero-order valence-electron chi connectivity index (χ0n) is 14.9. The zero-order chi connectivity index (χ0) is 18.2. The van der Waals surface area contributed by atoms with Crippen LogP contribution in [0.15, 0.2) is 73.1 Å². The van der Waals surface area contributed by atoms with Crippen LogP contribution < -0.4 is 0 Å². The van der Waals surface area contributed by atoms with Gasteiger partial charge in [-0.15, -0.1) is 0 Å². The molecule has 0 unspecified atom stereocenters. The summed E-state index contributed by atoms with van der Waals surface area (Å²) in [5, 5.41) is 1.04. The van der Waals surface area contributed by atoms with Crippen molar-refractivity contribution in [1.29, 1.82) is 0 Å². The van der Waals surface area contributed by atoms with E-state index in [4.69, 9.17) is 4.98 Å². The second kappa shape index (κ2) is 4.93. The fourth-order valence-corrected chi connectivity index (χ4v) is 4.74. The van der Waals surface area contributed by atoms with E-state index >= 15 is 0 Å². The number of nitrogens with zero attached hydrogens (tertiary/aromatic N) is 4. The van der Waals surface area contributed by atoms with Crippen LogP contribution >= 0.6 is 0 Å². The largest absolute Gasteiger partial charge is 0.290 e. The van der Waals surface area contributed by atoms with Gasteiger partial charge < -0.3 is 0 Å². The molecule has 1 aliphatic carbocycles. The Balaban J connectivity index is 1.76. The van der Waals surface area contributed by atoms with Gasteiger partial charge in [-0.3, -0.25) is 14.4 Å². The Morgan fingerprint density at radius 2 is 1.61 bits per heavy atom. The third-order valence-electron chi connectivity index (χ3n) is 5.90. The van der Waals surface area contributed by atoms with Gasteiger partial charge >= 0.3 is 0 Å². The fourth-order valence-electron chi connectivity index (χ4n) is 4.74. The maximum Gasteiger partial charge on any atom is 0.148 e. The molecule has 4 heteroatoms. The second-order valence-electron chi connectivity index (χ2n) is 7.33. The number of pyridine rings is 3. The molecule has 0 atom stereocenters. The van der Waals surface area contributed by atoms with Gasteiger partial charge in [0.2, 0.25) is 0 Å². The van der Waals surface area contributed by atoms with Crippen LogP contribution in [-0.4, -0.2) is 19.4 Å². The van der Waals surface area contributed by atoms with E-state index in [2.05, 4.69) is 62.9 Å². The minimum absolute atomic E-state index is 0.904. The predicted octanol–water partition coefficient (Wildman–Crippen LogP) is 5.16. The summed E-state index contributed by atoms with van der Waals surface area (Å²) < 4.78 is 2.28. The molecule has 0 saturated heterocycles. The average Bonchev–Trinajstić information content (AvgIpc) is 3.32. The Bertz CT molecular complexity index is 1590. The highest BCUT2D eigenvalue weighted by atomic mass is 15.0. The van der Waals surface area contributed by atoms with Crippen LogP contribution in [0.1, 0.15) is 11.1 Å². The summed E-state index contributed by atoms with van der Waals surface area (Å²) in [7, 11) is 0. The Kier molecular flexibility index (Phi) is 2.51. The lowest BCUT2D eigenvalue weighted by atomic mass is 10.1. The molecule has 4 heterocycles. The predicted molar refractivity (Wildman–Crippen MR) is 112 cm³/mol. The van der Waals surface area contributed by atoms with Crippen molar-refractivity contribution < 1.29 is 0 Å². The third-order valence-corrected chi connectivity index (χ3v) is 5.90. The summed E-state index contributed by atoms with van der Waals surface area (Å²) in [5.41, 5.74) is 11.4. The van der Waals surface area contributed by atoms with Gasteiger partial charge in [-0.2, -0.15) is 0 Å². The van der Waals surface area contributed by atoms with E-state index in [1.807, 2.05) is 24.5 Å². The molecular formula is C24H14N4. The summed E-state index contributed by atoms with van der Waals surface area (Å²) in [5.74, 6) is 0. The molecule has 0 fully saturated rings. The van der Waals surface area contributed by atoms with Crippen LogP contribution in [0.25, 0.3) is 49.7 Å². The van der Waals surface area contributed by atoms with Crippen molar-refractivity contribution in [3.8, 4) is 11.1 Å². The summed E-state index contributed by atoms with van der Waals surface area (Å²) in [6, 6.07) is 21.2. The molecule has 28 heavy (non-hydrogen) atoms. The van der Waals surface area contributed by atoms with Gasteiger partial charge in [-0.1, -0.05) is 30.3 Å². The fraction of sp³-hybridized carbons (Fsp3) is 0.0417. The van der Waals surface area contributed by atoms with Gasteiger partial charge in [0.15, 0.2) is 0 Å². The first-order chi connectivity index (χ1) is 13.9. The van der Waals surface area contributed by atoms with Gasteiger partial charge in [-0.25, -0.2) is 4.98 Å². The SMILES string of the molecule is c1ccc2c(c1)Cc1c-2ccc2nc3c4cccnc4c4ncccc4n3c12. The van der Waals surface area contributed by atoms with Gasteiger partial charge in [0, 0.05) is 24.2 Å². The second-order valence-corrected chi connectivity index (χ2v) is 7.33. The number of imidazole rings is 1. The summed E-state index contributed by atoms with van der Waals surface area (Å²) >= 11 is 0. The van der Waals surface area contributed by atoms with Crippen LogP contribution in [0.4, 0.5) is 0 Å². The van der Waals surface area contributed by atoms with E-state index in [9.17, 15) is 0 Å².